The summed E-state index contributed by atoms with van der Waals surface area (Å²) in [6.45, 7) is 4.63. The normalized spacial score (nSPS) is 13.1. The molecule has 0 atom stereocenters. The second-order valence-electron chi connectivity index (χ2n) is 10.3. The number of aromatic nitrogens is 5. The van der Waals surface area contributed by atoms with Crippen molar-refractivity contribution < 1.29 is 14.3 Å². The molecule has 224 valence electrons. The summed E-state index contributed by atoms with van der Waals surface area (Å²) in [5.74, 6) is 1.31. The number of pyridine rings is 1. The summed E-state index contributed by atoms with van der Waals surface area (Å²) in [4.78, 5) is 42.5. The topological polar surface area (TPSA) is 142 Å². The summed E-state index contributed by atoms with van der Waals surface area (Å²) >= 11 is 0. The first-order valence-corrected chi connectivity index (χ1v) is 14.1. The Morgan fingerprint density at radius 1 is 1.00 bits per heavy atom. The van der Waals surface area contributed by atoms with Crippen molar-refractivity contribution in [1.29, 1.82) is 0 Å². The van der Waals surface area contributed by atoms with Crippen LogP contribution in [0.4, 0.5) is 17.3 Å². The number of rotatable bonds is 7. The van der Waals surface area contributed by atoms with Crippen molar-refractivity contribution in [3.63, 3.8) is 0 Å². The maximum Gasteiger partial charge on any atom is 0.284 e. The number of carbonyl (C=O) groups excluding carboxylic acids is 1. The molecule has 6 rings (SSSR count). The zero-order chi connectivity index (χ0) is 30.8. The Hall–Kier alpha value is -5.49. The van der Waals surface area contributed by atoms with Crippen molar-refractivity contribution in [3.05, 3.63) is 94.7 Å². The van der Waals surface area contributed by atoms with Gasteiger partial charge in [-0.3, -0.25) is 14.3 Å². The number of nitrogens with two attached hydrogens (primary N) is 1. The number of amides is 1. The Kier molecular flexibility index (Phi) is 7.82. The molecule has 0 bridgehead atoms. The zero-order valence-electron chi connectivity index (χ0n) is 24.7. The molecule has 0 radical (unpaired) electrons. The summed E-state index contributed by atoms with van der Waals surface area (Å²) in [7, 11) is 3.31. The second-order valence-corrected chi connectivity index (χ2v) is 10.3. The average Bonchev–Trinajstić information content (AvgIpc) is 3.29. The van der Waals surface area contributed by atoms with Crippen molar-refractivity contribution in [3.8, 4) is 34.0 Å². The molecular weight excluding hydrogens is 560 g/mol. The molecule has 1 saturated heterocycles. The van der Waals surface area contributed by atoms with Crippen LogP contribution in [0.2, 0.25) is 0 Å². The quantitative estimate of drug-likeness (QED) is 0.289. The number of nitrogen functional groups attached to an aromatic ring is 1. The number of nitrogens with one attached hydrogen (secondary N) is 1. The minimum Gasteiger partial charge on any atom is -0.497 e. The lowest BCUT2D eigenvalue weighted by Gasteiger charge is -2.28. The maximum absolute atomic E-state index is 13.3. The third kappa shape index (κ3) is 5.50. The van der Waals surface area contributed by atoms with E-state index in [2.05, 4.69) is 20.2 Å². The minimum absolute atomic E-state index is 0.0593. The van der Waals surface area contributed by atoms with E-state index in [0.29, 0.717) is 47.4 Å². The number of methoxy groups -OCH3 is 1. The Balaban J connectivity index is 1.22. The van der Waals surface area contributed by atoms with Crippen LogP contribution < -0.4 is 26.2 Å². The fourth-order valence-corrected chi connectivity index (χ4v) is 5.18. The Morgan fingerprint density at radius 2 is 1.73 bits per heavy atom. The van der Waals surface area contributed by atoms with E-state index in [1.165, 1.54) is 4.68 Å². The molecule has 5 aromatic rings. The molecule has 0 aliphatic carbocycles. The number of hydrogen-bond donors (Lipinski definition) is 2. The van der Waals surface area contributed by atoms with Gasteiger partial charge in [0.2, 0.25) is 0 Å². The number of anilines is 3. The highest BCUT2D eigenvalue weighted by Gasteiger charge is 2.23. The average molecular weight is 593 g/mol. The predicted molar refractivity (Wildman–Crippen MR) is 168 cm³/mol. The van der Waals surface area contributed by atoms with Crippen LogP contribution in [-0.4, -0.2) is 63.6 Å². The van der Waals surface area contributed by atoms with Crippen molar-refractivity contribution in [2.24, 2.45) is 7.05 Å². The van der Waals surface area contributed by atoms with E-state index in [0.717, 1.165) is 30.0 Å². The van der Waals surface area contributed by atoms with Crippen molar-refractivity contribution in [2.45, 2.75) is 6.92 Å². The maximum atomic E-state index is 13.3. The highest BCUT2D eigenvalue weighted by molar-refractivity contribution is 6.05. The van der Waals surface area contributed by atoms with Crippen molar-refractivity contribution in [2.75, 3.05) is 49.4 Å². The highest BCUT2D eigenvalue weighted by atomic mass is 16.5. The fraction of sp³-hybridized carbons (Fsp3) is 0.219. The summed E-state index contributed by atoms with van der Waals surface area (Å²) in [6, 6.07) is 18.0. The van der Waals surface area contributed by atoms with Crippen molar-refractivity contribution in [1.82, 2.24) is 24.3 Å². The smallest absolute Gasteiger partial charge is 0.284 e. The number of carbonyl (C=O) groups is 1. The molecule has 0 saturated carbocycles. The molecule has 0 spiro atoms. The standard InChI is InChI=1S/C32H32N8O4/c1-20-28(32(42)40(38(20)2)24-8-10-25(43-3)11-9-24)31(41)36-23-6-4-21(5-7-23)29-30(33)35-19-26(37-29)22-12-13-34-27(18-22)39-14-16-44-17-15-39/h4-13,18-19H,14-17H2,1-3H3,(H2,33,35)(H,36,41). The van der Waals surface area contributed by atoms with Crippen LogP contribution in [0.1, 0.15) is 16.1 Å². The molecule has 44 heavy (non-hydrogen) atoms. The van der Waals surface area contributed by atoms with Gasteiger partial charge >= 0.3 is 0 Å². The van der Waals surface area contributed by atoms with Gasteiger partial charge in [0.15, 0.2) is 0 Å². The Morgan fingerprint density at radius 3 is 2.43 bits per heavy atom. The van der Waals surface area contributed by atoms with Gasteiger partial charge in [-0.2, -0.15) is 0 Å². The van der Waals surface area contributed by atoms with Gasteiger partial charge in [0.25, 0.3) is 11.5 Å². The van der Waals surface area contributed by atoms with Crippen LogP contribution in [0, 0.1) is 6.92 Å². The molecular formula is C32H32N8O4. The molecule has 3 N–H and O–H groups in total. The van der Waals surface area contributed by atoms with E-state index >= 15 is 0 Å². The second kappa shape index (κ2) is 12.0. The first-order valence-electron chi connectivity index (χ1n) is 14.1. The lowest BCUT2D eigenvalue weighted by Crippen LogP contribution is -2.36. The predicted octanol–water partition coefficient (Wildman–Crippen LogP) is 3.68. The summed E-state index contributed by atoms with van der Waals surface area (Å²) in [6.07, 6.45) is 3.41. The Bertz CT molecular complexity index is 1870. The minimum atomic E-state index is -0.502. The number of benzene rings is 2. The molecule has 0 unspecified atom stereocenters. The van der Waals surface area contributed by atoms with Gasteiger partial charge < -0.3 is 25.4 Å². The molecule has 1 aliphatic heterocycles. The molecule has 3 aromatic heterocycles. The number of nitrogens with zero attached hydrogens (tertiary/aromatic N) is 6. The monoisotopic (exact) mass is 592 g/mol. The van der Waals surface area contributed by atoms with Gasteiger partial charge in [0.1, 0.15) is 28.6 Å². The van der Waals surface area contributed by atoms with Crippen molar-refractivity contribution >= 4 is 23.2 Å². The van der Waals surface area contributed by atoms with E-state index < -0.39 is 11.5 Å². The van der Waals surface area contributed by atoms with Gasteiger partial charge in [-0.05, 0) is 55.5 Å². The van der Waals surface area contributed by atoms with E-state index in [1.54, 1.807) is 86.7 Å². The number of hydrogen-bond acceptors (Lipinski definition) is 9. The van der Waals surface area contributed by atoms with Gasteiger partial charge in [0, 0.05) is 43.1 Å². The molecule has 4 heterocycles. The summed E-state index contributed by atoms with van der Waals surface area (Å²) < 4.78 is 13.8. The SMILES string of the molecule is COc1ccc(-n2c(=O)c(C(=O)Nc3ccc(-c4nc(-c5ccnc(N6CCOCC6)c5)cnc4N)cc3)c(C)n2C)cc1. The molecule has 12 nitrogen and oxygen atoms in total. The number of morpholine rings is 1. The lowest BCUT2D eigenvalue weighted by molar-refractivity contribution is 0.102. The molecule has 1 fully saturated rings. The number of ether oxygens (including phenoxy) is 2. The molecule has 1 aliphatic rings. The summed E-state index contributed by atoms with van der Waals surface area (Å²) in [5.41, 5.74) is 10.3. The largest absolute Gasteiger partial charge is 0.497 e. The van der Waals surface area contributed by atoms with Crippen LogP contribution in [0.3, 0.4) is 0 Å². The van der Waals surface area contributed by atoms with E-state index in [-0.39, 0.29) is 11.4 Å². The first-order chi connectivity index (χ1) is 21.3. The van der Waals surface area contributed by atoms with Crippen LogP contribution in [0.5, 0.6) is 5.75 Å². The summed E-state index contributed by atoms with van der Waals surface area (Å²) in [5, 5.41) is 2.84. The third-order valence-corrected chi connectivity index (χ3v) is 7.69. The van der Waals surface area contributed by atoms with Crippen LogP contribution in [0.25, 0.3) is 28.2 Å². The first kappa shape index (κ1) is 28.6. The van der Waals surface area contributed by atoms with Crippen LogP contribution in [0.15, 0.2) is 77.9 Å². The van der Waals surface area contributed by atoms with Gasteiger partial charge in [-0.1, -0.05) is 12.1 Å². The van der Waals surface area contributed by atoms with Gasteiger partial charge in [-0.25, -0.2) is 19.6 Å². The van der Waals surface area contributed by atoms with Crippen LogP contribution >= 0.6 is 0 Å². The molecule has 1 amide bonds. The van der Waals surface area contributed by atoms with Gasteiger partial charge in [0.05, 0.1) is 43.6 Å². The van der Waals surface area contributed by atoms with E-state index in [4.69, 9.17) is 20.2 Å². The zero-order valence-corrected chi connectivity index (χ0v) is 24.7. The molecule has 2 aromatic carbocycles. The molecule has 12 heteroatoms. The Labute approximate surface area is 253 Å². The third-order valence-electron chi connectivity index (χ3n) is 7.69. The van der Waals surface area contributed by atoms with E-state index in [1.807, 2.05) is 12.1 Å². The van der Waals surface area contributed by atoms with Gasteiger partial charge in [-0.15, -0.1) is 0 Å². The van der Waals surface area contributed by atoms with E-state index in [9.17, 15) is 9.59 Å². The van der Waals surface area contributed by atoms with Crippen LogP contribution in [-0.2, 0) is 11.8 Å². The lowest BCUT2D eigenvalue weighted by atomic mass is 10.1. The highest BCUT2D eigenvalue weighted by Crippen LogP contribution is 2.28. The fourth-order valence-electron chi connectivity index (χ4n) is 5.18.